The number of aliphatic hydroxyl groups is 2. The van der Waals surface area contributed by atoms with Crippen molar-refractivity contribution in [1.82, 2.24) is 5.32 Å². The van der Waals surface area contributed by atoms with E-state index in [9.17, 15) is 19.8 Å². The van der Waals surface area contributed by atoms with Gasteiger partial charge >= 0.3 is 5.97 Å². The SMILES string of the molecule is CCCCCCCCCCCCCCCCCCCCCCCC(O)C(CO)NC(=O)CCCCCCCCCCCCCCCCCCCCCCCCCCCCCCCCCCOC(=O)CCCCCCCCCCCCCCCCC. The van der Waals surface area contributed by atoms with E-state index in [0.29, 0.717) is 25.9 Å². The van der Waals surface area contributed by atoms with Crippen LogP contribution in [0.2, 0.25) is 0 Å². The van der Waals surface area contributed by atoms with Crippen LogP contribution in [-0.4, -0.2) is 47.4 Å². The highest BCUT2D eigenvalue weighted by atomic mass is 16.5. The maximum Gasteiger partial charge on any atom is 0.305 e. The van der Waals surface area contributed by atoms with E-state index in [1.807, 2.05) is 0 Å². The Morgan fingerprint density at radius 2 is 0.482 bits per heavy atom. The van der Waals surface area contributed by atoms with E-state index in [2.05, 4.69) is 19.2 Å². The molecule has 2 atom stereocenters. The van der Waals surface area contributed by atoms with Crippen LogP contribution >= 0.6 is 0 Å². The molecule has 0 radical (unpaired) electrons. The van der Waals surface area contributed by atoms with E-state index in [0.717, 1.165) is 38.5 Å². The highest BCUT2D eigenvalue weighted by Crippen LogP contribution is 2.21. The summed E-state index contributed by atoms with van der Waals surface area (Å²) in [5.41, 5.74) is 0. The van der Waals surface area contributed by atoms with E-state index in [4.69, 9.17) is 4.74 Å². The Hall–Kier alpha value is -1.14. The van der Waals surface area contributed by atoms with Gasteiger partial charge in [0, 0.05) is 12.8 Å². The van der Waals surface area contributed by atoms with Gasteiger partial charge in [0.2, 0.25) is 5.91 Å². The fourth-order valence-corrected chi connectivity index (χ4v) is 13.1. The predicted octanol–water partition coefficient (Wildman–Crippen LogP) is 26.1. The lowest BCUT2D eigenvalue weighted by molar-refractivity contribution is -0.143. The molecule has 0 saturated heterocycles. The van der Waals surface area contributed by atoms with Crippen LogP contribution in [0.1, 0.15) is 470 Å². The zero-order chi connectivity index (χ0) is 61.3. The van der Waals surface area contributed by atoms with Crippen LogP contribution in [0, 0.1) is 0 Å². The van der Waals surface area contributed by atoms with Crippen molar-refractivity contribution in [1.29, 1.82) is 0 Å². The molecule has 0 rings (SSSR count). The number of carbonyl (C=O) groups excluding carboxylic acids is 2. The van der Waals surface area contributed by atoms with Gasteiger partial charge < -0.3 is 20.3 Å². The molecule has 0 spiro atoms. The Balaban J connectivity index is 3.31. The minimum Gasteiger partial charge on any atom is -0.466 e. The van der Waals surface area contributed by atoms with Crippen LogP contribution in [0.4, 0.5) is 0 Å². The normalized spacial score (nSPS) is 12.4. The average Bonchev–Trinajstić information content (AvgIpc) is 3.51. The number of hydrogen-bond acceptors (Lipinski definition) is 5. The third-order valence-corrected chi connectivity index (χ3v) is 19.2. The quantitative estimate of drug-likeness (QED) is 0.0417. The lowest BCUT2D eigenvalue weighted by Crippen LogP contribution is -2.45. The van der Waals surface area contributed by atoms with Gasteiger partial charge in [-0.05, 0) is 25.7 Å². The number of ether oxygens (including phenoxy) is 1. The fourth-order valence-electron chi connectivity index (χ4n) is 13.1. The maximum atomic E-state index is 12.6. The van der Waals surface area contributed by atoms with E-state index < -0.39 is 12.1 Å². The zero-order valence-electron chi connectivity index (χ0n) is 58.4. The Labute approximate surface area is 534 Å². The molecule has 0 aliphatic heterocycles. The summed E-state index contributed by atoms with van der Waals surface area (Å²) in [4.78, 5) is 24.7. The molecule has 6 heteroatoms. The van der Waals surface area contributed by atoms with Crippen molar-refractivity contribution in [3.63, 3.8) is 0 Å². The molecule has 0 fully saturated rings. The average molecular weight is 1200 g/mol. The number of hydrogen-bond donors (Lipinski definition) is 3. The van der Waals surface area contributed by atoms with Crippen molar-refractivity contribution in [2.75, 3.05) is 13.2 Å². The lowest BCUT2D eigenvalue weighted by Gasteiger charge is -2.22. The number of rotatable bonds is 76. The second-order valence-corrected chi connectivity index (χ2v) is 27.8. The first-order chi connectivity index (χ1) is 42.0. The van der Waals surface area contributed by atoms with E-state index in [-0.39, 0.29) is 18.5 Å². The van der Waals surface area contributed by atoms with Gasteiger partial charge in [-0.3, -0.25) is 9.59 Å². The summed E-state index contributed by atoms with van der Waals surface area (Å²) in [6.45, 7) is 5.02. The minimum atomic E-state index is -0.661. The molecular weight excluding hydrogens is 1040 g/mol. The summed E-state index contributed by atoms with van der Waals surface area (Å²) in [6, 6.07) is -0.538. The Bertz CT molecular complexity index is 1240. The third kappa shape index (κ3) is 71.8. The molecular formula is C79H157NO5. The Kier molecular flexibility index (Phi) is 74.3. The first-order valence-electron chi connectivity index (χ1n) is 39.8. The number of aliphatic hydroxyl groups excluding tert-OH is 2. The van der Waals surface area contributed by atoms with Crippen LogP contribution < -0.4 is 5.32 Å². The standard InChI is InChI=1S/C79H157NO5/c1-3-5-7-9-11-13-15-17-19-20-21-34-37-40-44-47-51-55-59-63-67-71-77(82)76(75-81)80-78(83)72-68-64-60-56-52-48-45-41-38-35-32-30-28-26-24-22-23-25-27-29-31-33-36-39-42-46-50-54-58-62-66-70-74-85-79(84)73-69-65-61-57-53-49-43-18-16-14-12-10-8-6-4-2/h76-77,81-82H,3-75H2,1-2H3,(H,80,83). The van der Waals surface area contributed by atoms with Gasteiger partial charge in [-0.25, -0.2) is 0 Å². The molecule has 3 N–H and O–H groups in total. The molecule has 0 aromatic heterocycles. The van der Waals surface area contributed by atoms with Gasteiger partial charge in [0.05, 0.1) is 25.4 Å². The summed E-state index contributed by atoms with van der Waals surface area (Å²) in [6.07, 6.45) is 93.4. The Morgan fingerprint density at radius 1 is 0.282 bits per heavy atom. The first-order valence-corrected chi connectivity index (χ1v) is 39.8. The second-order valence-electron chi connectivity index (χ2n) is 27.8. The zero-order valence-corrected chi connectivity index (χ0v) is 58.4. The molecule has 0 aliphatic carbocycles. The molecule has 1 amide bonds. The summed E-state index contributed by atoms with van der Waals surface area (Å²) >= 11 is 0. The molecule has 0 aliphatic rings. The number of carbonyl (C=O) groups is 2. The number of amides is 1. The minimum absolute atomic E-state index is 0.0243. The molecule has 0 aromatic rings. The highest BCUT2D eigenvalue weighted by molar-refractivity contribution is 5.76. The van der Waals surface area contributed by atoms with Crippen LogP contribution in [0.25, 0.3) is 0 Å². The second kappa shape index (κ2) is 75.3. The van der Waals surface area contributed by atoms with Crippen molar-refractivity contribution >= 4 is 11.9 Å². The van der Waals surface area contributed by atoms with E-state index >= 15 is 0 Å². The van der Waals surface area contributed by atoms with Crippen LogP contribution in [0.5, 0.6) is 0 Å². The monoisotopic (exact) mass is 1200 g/mol. The lowest BCUT2D eigenvalue weighted by atomic mass is 10.0. The van der Waals surface area contributed by atoms with Crippen molar-refractivity contribution < 1.29 is 24.5 Å². The molecule has 0 bridgehead atoms. The summed E-state index contributed by atoms with van der Waals surface area (Å²) in [5, 5.41) is 23.5. The van der Waals surface area contributed by atoms with Gasteiger partial charge in [-0.15, -0.1) is 0 Å². The van der Waals surface area contributed by atoms with Crippen molar-refractivity contribution in [2.45, 2.75) is 482 Å². The molecule has 0 heterocycles. The van der Waals surface area contributed by atoms with Crippen LogP contribution in [0.15, 0.2) is 0 Å². The number of unbranched alkanes of at least 4 members (excludes halogenated alkanes) is 65. The van der Waals surface area contributed by atoms with Crippen molar-refractivity contribution in [3.05, 3.63) is 0 Å². The predicted molar refractivity (Wildman–Crippen MR) is 375 cm³/mol. The van der Waals surface area contributed by atoms with E-state index in [1.165, 1.54) is 398 Å². The Morgan fingerprint density at radius 3 is 0.718 bits per heavy atom. The van der Waals surface area contributed by atoms with Gasteiger partial charge in [0.1, 0.15) is 0 Å². The fraction of sp³-hybridized carbons (Fsp3) is 0.975. The largest absolute Gasteiger partial charge is 0.466 e. The summed E-state index contributed by atoms with van der Waals surface area (Å²) in [5.74, 6) is 0.00133. The molecule has 6 nitrogen and oxygen atoms in total. The van der Waals surface area contributed by atoms with Crippen molar-refractivity contribution in [2.24, 2.45) is 0 Å². The van der Waals surface area contributed by atoms with Gasteiger partial charge in [-0.2, -0.15) is 0 Å². The van der Waals surface area contributed by atoms with Gasteiger partial charge in [0.15, 0.2) is 0 Å². The summed E-state index contributed by atoms with van der Waals surface area (Å²) < 4.78 is 5.51. The molecule has 2 unspecified atom stereocenters. The maximum absolute atomic E-state index is 12.6. The van der Waals surface area contributed by atoms with Crippen molar-refractivity contribution in [3.8, 4) is 0 Å². The molecule has 85 heavy (non-hydrogen) atoms. The summed E-state index contributed by atoms with van der Waals surface area (Å²) in [7, 11) is 0. The topological polar surface area (TPSA) is 95.9 Å². The van der Waals surface area contributed by atoms with Gasteiger partial charge in [-0.1, -0.05) is 431 Å². The smallest absolute Gasteiger partial charge is 0.305 e. The number of nitrogens with one attached hydrogen (secondary N) is 1. The molecule has 508 valence electrons. The molecule has 0 aromatic carbocycles. The highest BCUT2D eigenvalue weighted by Gasteiger charge is 2.20. The van der Waals surface area contributed by atoms with Gasteiger partial charge in [0.25, 0.3) is 0 Å². The first kappa shape index (κ1) is 83.9. The van der Waals surface area contributed by atoms with E-state index in [1.54, 1.807) is 0 Å². The van der Waals surface area contributed by atoms with Crippen LogP contribution in [-0.2, 0) is 14.3 Å². The van der Waals surface area contributed by atoms with Crippen LogP contribution in [0.3, 0.4) is 0 Å². The third-order valence-electron chi connectivity index (χ3n) is 19.2. The number of esters is 1. The molecule has 0 saturated carbocycles.